The molecule has 0 amide bonds. The molecule has 0 radical (unpaired) electrons. The predicted octanol–water partition coefficient (Wildman–Crippen LogP) is -33.5. The van der Waals surface area contributed by atoms with E-state index in [2.05, 4.69) is 38.2 Å². The molecule has 2 heterocycles. The predicted molar refractivity (Wildman–Crippen MR) is 137 cm³/mol. The van der Waals surface area contributed by atoms with E-state index in [0.717, 1.165) is 0 Å². The van der Waals surface area contributed by atoms with Crippen LogP contribution in [0.25, 0.3) is 0 Å². The minimum absolute atomic E-state index is 0. The van der Waals surface area contributed by atoms with E-state index in [0.29, 0.717) is 0 Å². The number of hydrogen-bond donors (Lipinski definition) is 0. The molecular weight excluding hydrogens is 1270 g/mol. The van der Waals surface area contributed by atoms with Crippen molar-refractivity contribution < 1.29 is 563 Å². The summed E-state index contributed by atoms with van der Waals surface area (Å²) in [7, 11) is -50.8. The van der Waals surface area contributed by atoms with Crippen LogP contribution in [0.3, 0.4) is 0 Å². The van der Waals surface area contributed by atoms with Crippen molar-refractivity contribution >= 4 is 83.2 Å². The van der Waals surface area contributed by atoms with Gasteiger partial charge < -0.3 is 50.6 Å². The van der Waals surface area contributed by atoms with E-state index in [1.165, 1.54) is 0 Å². The second-order valence-electron chi connectivity index (χ2n) is 9.42. The number of ether oxygens (including phenoxy) is 3. The van der Waals surface area contributed by atoms with E-state index in [-0.39, 0.29) is 411 Å². The fourth-order valence-electron chi connectivity index (χ4n) is 4.17. The summed E-state index contributed by atoms with van der Waals surface area (Å²) >= 11 is 0. The Balaban J connectivity index is -0.000000784. The molecule has 2 aliphatic heterocycles. The van der Waals surface area contributed by atoms with Crippen molar-refractivity contribution in [1.82, 2.24) is 0 Å². The van der Waals surface area contributed by atoms with Crippen molar-refractivity contribution in [1.29, 1.82) is 0 Å². The van der Waals surface area contributed by atoms with Crippen LogP contribution in [0.2, 0.25) is 0 Å². The van der Waals surface area contributed by atoms with Crippen LogP contribution in [0.5, 0.6) is 0 Å². The maximum atomic E-state index is 11.7. The summed E-state index contributed by atoms with van der Waals surface area (Å²) in [5.74, 6) is 0. The number of hydrogen-bond acceptors (Lipinski definition) is 35. The van der Waals surface area contributed by atoms with Crippen LogP contribution < -0.4 is 411 Å². The normalized spacial score (nSPS) is 27.0. The van der Waals surface area contributed by atoms with Crippen molar-refractivity contribution in [3.05, 3.63) is 0 Å². The minimum Gasteiger partial charge on any atom is -0.726 e. The average molecular weight is 1290 g/mol. The molecule has 0 aliphatic carbocycles. The van der Waals surface area contributed by atoms with Gasteiger partial charge in [0.25, 0.3) is 0 Å². The standard InChI is InChI=1S/C12H22O35S8.8K/c13-48(14,15)37-1-3-5(7(43-51(22,23)24)10(46-54(31,32)33)12(40-3)47-55(34,35)36)41-11-9(45-53(28,29)30)8(44-52(25,26)27)6(42-50(19,20)21)4(39-11)2-38-49(16,17)18;;;;;;;;/h3-12H,1-2H2,(H,13,14,15)(H,16,17,18)(H,19,20,21)(H,22,23,24)(H,25,26,27)(H,28,29,30)(H,31,32,33)(H,34,35,36);;;;;;;;/q;8*+1/p-8/t3-,4-,5-,6+,7+,8+,9-,10-,11+,12+;;;;;;;;/m1......../s1. The summed E-state index contributed by atoms with van der Waals surface area (Å²) in [5, 5.41) is 0. The van der Waals surface area contributed by atoms with Gasteiger partial charge in [0.2, 0.25) is 89.5 Å². The van der Waals surface area contributed by atoms with Crippen molar-refractivity contribution in [2.75, 3.05) is 13.2 Å². The fraction of sp³-hybridized carbons (Fsp3) is 1.00. The first-order chi connectivity index (χ1) is 24.2. The van der Waals surface area contributed by atoms with Gasteiger partial charge in [-0.2, -0.15) is 0 Å². The molecule has 10 atom stereocenters. The third-order valence-electron chi connectivity index (χ3n) is 5.58. The zero-order valence-corrected chi connectivity index (χ0v) is 64.3. The molecule has 51 heteroatoms. The molecule has 0 aromatic heterocycles. The maximum Gasteiger partial charge on any atom is 1.00 e. The Labute approximate surface area is 699 Å². The van der Waals surface area contributed by atoms with Gasteiger partial charge in [-0.3, -0.25) is 29.3 Å². The topological polar surface area (TPSA) is 559 Å². The second kappa shape index (κ2) is 37.1. The monoisotopic (exact) mass is 1290 g/mol. The van der Waals surface area contributed by atoms with E-state index in [1.54, 1.807) is 0 Å². The zero-order chi connectivity index (χ0) is 43.0. The fourth-order valence-corrected chi connectivity index (χ4v) is 7.59. The summed E-state index contributed by atoms with van der Waals surface area (Å²) in [4.78, 5) is 0. The molecule has 0 unspecified atom stereocenters. The summed E-state index contributed by atoms with van der Waals surface area (Å²) in [6.07, 6.45) is -34.0. The molecule has 0 N–H and O–H groups in total. The molecule has 0 aromatic carbocycles. The van der Waals surface area contributed by atoms with Crippen LogP contribution >= 0.6 is 0 Å². The van der Waals surface area contributed by atoms with Gasteiger partial charge in [0.05, 0.1) is 13.2 Å². The van der Waals surface area contributed by atoms with Gasteiger partial charge in [0, 0.05) is 0 Å². The van der Waals surface area contributed by atoms with Crippen LogP contribution in [0.1, 0.15) is 0 Å². The van der Waals surface area contributed by atoms with Crippen molar-refractivity contribution in [3.8, 4) is 0 Å². The van der Waals surface area contributed by atoms with Crippen molar-refractivity contribution in [3.63, 3.8) is 0 Å². The van der Waals surface area contributed by atoms with Crippen LogP contribution in [-0.4, -0.2) is 178 Å². The quantitative estimate of drug-likeness (QED) is 0.0620. The van der Waals surface area contributed by atoms with Crippen LogP contribution in [-0.2, 0) is 131 Å². The Morgan fingerprint density at radius 1 is 0.302 bits per heavy atom. The Hall–Kier alpha value is 11.9. The summed E-state index contributed by atoms with van der Waals surface area (Å²) in [6, 6.07) is 0. The third kappa shape index (κ3) is 39.9. The Kier molecular flexibility index (Phi) is 52.3. The molecule has 2 aliphatic rings. The Bertz CT molecular complexity index is 2290. The largest absolute Gasteiger partial charge is 1.00 e. The summed E-state index contributed by atoms with van der Waals surface area (Å²) < 4.78 is 319. The molecule has 35 nitrogen and oxygen atoms in total. The minimum atomic E-state index is -6.53. The second-order valence-corrected chi connectivity index (χ2v) is 17.6. The molecule has 0 spiro atoms. The average Bonchev–Trinajstić information content (AvgIpc) is 2.88. The van der Waals surface area contributed by atoms with Crippen LogP contribution in [0.4, 0.5) is 0 Å². The van der Waals surface area contributed by atoms with Gasteiger partial charge in [0.15, 0.2) is 18.5 Å². The van der Waals surface area contributed by atoms with Crippen molar-refractivity contribution in [2.45, 2.75) is 61.4 Å². The van der Waals surface area contributed by atoms with Crippen molar-refractivity contribution in [2.24, 2.45) is 0 Å². The smallest absolute Gasteiger partial charge is 0.726 e. The Morgan fingerprint density at radius 3 is 0.841 bits per heavy atom. The van der Waals surface area contributed by atoms with Gasteiger partial charge in [0.1, 0.15) is 36.6 Å². The molecule has 328 valence electrons. The molecule has 2 fully saturated rings. The van der Waals surface area contributed by atoms with Gasteiger partial charge in [-0.25, -0.2) is 71.5 Å². The molecule has 0 saturated carbocycles. The molecule has 0 bridgehead atoms. The van der Waals surface area contributed by atoms with Gasteiger partial charge in [-0.15, -0.1) is 0 Å². The van der Waals surface area contributed by atoms with E-state index >= 15 is 0 Å². The van der Waals surface area contributed by atoms with Crippen LogP contribution in [0.15, 0.2) is 0 Å². The van der Waals surface area contributed by atoms with Gasteiger partial charge in [-0.05, 0) is 0 Å². The van der Waals surface area contributed by atoms with Crippen LogP contribution in [0, 0.1) is 0 Å². The molecule has 2 saturated heterocycles. The van der Waals surface area contributed by atoms with E-state index in [1.807, 2.05) is 0 Å². The van der Waals surface area contributed by atoms with E-state index < -0.39 is 158 Å². The maximum absolute atomic E-state index is 11.7. The Morgan fingerprint density at radius 2 is 0.540 bits per heavy atom. The zero-order valence-electron chi connectivity index (χ0n) is 32.7. The van der Waals surface area contributed by atoms with E-state index in [9.17, 15) is 104 Å². The number of rotatable bonds is 20. The summed E-state index contributed by atoms with van der Waals surface area (Å²) in [6.45, 7) is -4.19. The molecular formula is C12H14K8O35S8. The SMILES string of the molecule is O=S(=O)([O-])OC[C@H]1O[C@@H](O[C@H]2[C@H](OS(=O)(=O)[O-])[C@@H](OS(=O)(=O)[O-])[C@H](OS(=O)(=O)[O-])O[C@@H]2COS(=O)(=O)[O-])[C@H](OS(=O)(=O)[O-])[C@@H](OS(=O)(=O)[O-])[C@H]1OS(=O)(=O)[O-].[K+].[K+].[K+].[K+].[K+].[K+].[K+].[K+]. The molecule has 0 aromatic rings. The first-order valence-corrected chi connectivity index (χ1v) is 22.9. The van der Waals surface area contributed by atoms with Gasteiger partial charge in [-0.1, -0.05) is 0 Å². The summed E-state index contributed by atoms with van der Waals surface area (Å²) in [5.41, 5.74) is 0. The first-order valence-electron chi connectivity index (χ1n) is 12.2. The van der Waals surface area contributed by atoms with E-state index in [4.69, 9.17) is 9.47 Å². The first kappa shape index (κ1) is 88.8. The molecule has 63 heavy (non-hydrogen) atoms. The molecule has 2 rings (SSSR count). The van der Waals surface area contributed by atoms with Gasteiger partial charge >= 0.3 is 411 Å². The third-order valence-corrected chi connectivity index (χ3v) is 9.15.